The summed E-state index contributed by atoms with van der Waals surface area (Å²) in [7, 11) is 0. The molecule has 0 saturated heterocycles. The van der Waals surface area contributed by atoms with E-state index in [2.05, 4.69) is 30.9 Å². The molecule has 10 nitrogen and oxygen atoms in total. The number of carbonyl (C=O) groups excluding carboxylic acids is 1. The number of thiazole rings is 1. The highest BCUT2D eigenvalue weighted by Gasteiger charge is 2.42. The summed E-state index contributed by atoms with van der Waals surface area (Å²) in [6, 6.07) is 6.70. The number of aliphatic hydroxyl groups is 3. The molecule has 2 heterocycles. The molecule has 1 amide bonds. The van der Waals surface area contributed by atoms with Gasteiger partial charge in [0.2, 0.25) is 11.9 Å². The zero-order chi connectivity index (χ0) is 26.0. The van der Waals surface area contributed by atoms with Crippen LogP contribution in [0.4, 0.5) is 24.9 Å². The Morgan fingerprint density at radius 3 is 2.61 bits per heavy atom. The minimum absolute atomic E-state index is 0.0295. The van der Waals surface area contributed by atoms with Crippen molar-refractivity contribution in [3.63, 3.8) is 0 Å². The van der Waals surface area contributed by atoms with Crippen LogP contribution in [-0.2, 0) is 4.79 Å². The number of hydrogen-bond donors (Lipinski definition) is 6. The molecule has 0 radical (unpaired) electrons. The maximum Gasteiger partial charge on any atom is 0.405 e. The van der Waals surface area contributed by atoms with E-state index in [9.17, 15) is 28.2 Å². The number of hydrogen-bond acceptors (Lipinski definition) is 10. The van der Waals surface area contributed by atoms with Gasteiger partial charge in [0, 0.05) is 12.5 Å². The minimum atomic E-state index is -4.48. The number of fused-ring (bicyclic) bond motifs is 1. The molecule has 36 heavy (non-hydrogen) atoms. The van der Waals surface area contributed by atoms with E-state index in [0.29, 0.717) is 16.3 Å². The largest absolute Gasteiger partial charge is 0.405 e. The lowest BCUT2D eigenvalue weighted by molar-refractivity contribution is -0.124. The van der Waals surface area contributed by atoms with Crippen molar-refractivity contribution < 1.29 is 33.3 Å². The van der Waals surface area contributed by atoms with Crippen molar-refractivity contribution in [2.24, 2.45) is 5.92 Å². The Balaban J connectivity index is 1.66. The van der Waals surface area contributed by atoms with Crippen molar-refractivity contribution >= 4 is 39.2 Å². The molecule has 1 saturated carbocycles. The average Bonchev–Trinajstić information content (AvgIpc) is 3.36. The van der Waals surface area contributed by atoms with Crippen LogP contribution in [0.1, 0.15) is 12.1 Å². The summed E-state index contributed by atoms with van der Waals surface area (Å²) in [4.78, 5) is 24.4. The molecule has 14 heteroatoms. The highest BCUT2D eigenvalue weighted by atomic mass is 32.1. The maximum atomic E-state index is 12.8. The predicted octanol–water partition coefficient (Wildman–Crippen LogP) is 1.67. The van der Waals surface area contributed by atoms with Crippen molar-refractivity contribution in [2.75, 3.05) is 30.3 Å². The predicted molar refractivity (Wildman–Crippen MR) is 128 cm³/mol. The standard InChI is InChI=1S/C22H25F3N6O4S/c1-10-16(20-30-12-4-2-3-5-14(12)36-20)19(31-21(28-10)27-9-22(23,24)25)29-13-6-11(17(34)18(13)35)7-26-15(33)8-32/h2-5,11,13,17-18,32,34-35H,6-9H2,1H3,(H,26,33)(H2,27,28,29,31)/t11-,13-,17-,18+/m1/s1. The number of benzene rings is 1. The smallest absolute Gasteiger partial charge is 0.390 e. The molecule has 4 atom stereocenters. The van der Waals surface area contributed by atoms with Crippen molar-refractivity contribution in [1.82, 2.24) is 20.3 Å². The first-order chi connectivity index (χ1) is 17.1. The number of halogens is 3. The van der Waals surface area contributed by atoms with Crippen molar-refractivity contribution in [3.8, 4) is 10.6 Å². The topological polar surface area (TPSA) is 153 Å². The van der Waals surface area contributed by atoms with Crippen molar-refractivity contribution in [1.29, 1.82) is 0 Å². The molecular weight excluding hydrogens is 501 g/mol. The Labute approximate surface area is 207 Å². The summed E-state index contributed by atoms with van der Waals surface area (Å²) in [5.41, 5.74) is 1.57. The third kappa shape index (κ3) is 5.83. The van der Waals surface area contributed by atoms with E-state index in [0.717, 1.165) is 10.2 Å². The number of aryl methyl sites for hydroxylation is 1. The number of rotatable bonds is 8. The number of aromatic nitrogens is 3. The maximum absolute atomic E-state index is 12.8. The molecule has 0 spiro atoms. The molecule has 1 fully saturated rings. The monoisotopic (exact) mass is 526 g/mol. The van der Waals surface area contributed by atoms with Gasteiger partial charge in [-0.1, -0.05) is 12.1 Å². The number of anilines is 2. The van der Waals surface area contributed by atoms with E-state index in [1.165, 1.54) is 11.3 Å². The summed E-state index contributed by atoms with van der Waals surface area (Å²) < 4.78 is 39.2. The lowest BCUT2D eigenvalue weighted by atomic mass is 10.1. The Kier molecular flexibility index (Phi) is 7.59. The van der Waals surface area contributed by atoms with Crippen LogP contribution in [0.5, 0.6) is 0 Å². The van der Waals surface area contributed by atoms with Gasteiger partial charge in [-0.2, -0.15) is 18.2 Å². The van der Waals surface area contributed by atoms with E-state index in [-0.39, 0.29) is 24.7 Å². The number of nitrogens with zero attached hydrogens (tertiary/aromatic N) is 3. The second-order valence-corrected chi connectivity index (χ2v) is 9.53. The number of carbonyl (C=O) groups is 1. The summed E-state index contributed by atoms with van der Waals surface area (Å²) in [6.45, 7) is -0.377. The van der Waals surface area contributed by atoms with Gasteiger partial charge in [-0.25, -0.2) is 9.97 Å². The molecule has 3 aromatic rings. The van der Waals surface area contributed by atoms with Gasteiger partial charge in [0.1, 0.15) is 30.1 Å². The Morgan fingerprint density at radius 1 is 1.17 bits per heavy atom. The van der Waals surface area contributed by atoms with Gasteiger partial charge in [0.05, 0.1) is 33.6 Å². The number of aliphatic hydroxyl groups excluding tert-OH is 3. The van der Waals surface area contributed by atoms with Gasteiger partial charge >= 0.3 is 6.18 Å². The molecule has 6 N–H and O–H groups in total. The van der Waals surface area contributed by atoms with E-state index >= 15 is 0 Å². The lowest BCUT2D eigenvalue weighted by Crippen LogP contribution is -2.38. The van der Waals surface area contributed by atoms with Crippen LogP contribution in [0.25, 0.3) is 20.8 Å². The van der Waals surface area contributed by atoms with Crippen molar-refractivity contribution in [3.05, 3.63) is 30.0 Å². The fourth-order valence-electron chi connectivity index (χ4n) is 4.12. The Morgan fingerprint density at radius 2 is 1.92 bits per heavy atom. The van der Waals surface area contributed by atoms with Gasteiger partial charge in [-0.3, -0.25) is 4.79 Å². The second-order valence-electron chi connectivity index (χ2n) is 8.50. The Bertz CT molecular complexity index is 1210. The fourth-order valence-corrected chi connectivity index (χ4v) is 5.18. The molecule has 1 aliphatic rings. The molecule has 1 aliphatic carbocycles. The number of alkyl halides is 3. The molecular formula is C22H25F3N6O4S. The summed E-state index contributed by atoms with van der Waals surface area (Å²) in [6.07, 6.45) is -6.68. The van der Waals surface area contributed by atoms with Crippen molar-refractivity contribution in [2.45, 2.75) is 37.8 Å². The van der Waals surface area contributed by atoms with Crippen LogP contribution in [0.2, 0.25) is 0 Å². The van der Waals surface area contributed by atoms with Gasteiger partial charge < -0.3 is 31.3 Å². The van der Waals surface area contributed by atoms with Gasteiger partial charge in [-0.05, 0) is 25.5 Å². The molecule has 1 aromatic carbocycles. The zero-order valence-corrected chi connectivity index (χ0v) is 19.9. The first-order valence-electron chi connectivity index (χ1n) is 11.1. The third-order valence-corrected chi connectivity index (χ3v) is 6.93. The molecule has 4 rings (SSSR count). The van der Waals surface area contributed by atoms with E-state index in [1.54, 1.807) is 6.92 Å². The highest BCUT2D eigenvalue weighted by Crippen LogP contribution is 2.38. The average molecular weight is 527 g/mol. The first-order valence-corrected chi connectivity index (χ1v) is 11.9. The van der Waals surface area contributed by atoms with E-state index in [4.69, 9.17) is 5.11 Å². The number of amides is 1. The van der Waals surface area contributed by atoms with Gasteiger partial charge in [0.25, 0.3) is 0 Å². The van der Waals surface area contributed by atoms with Crippen LogP contribution in [-0.4, -0.2) is 80.3 Å². The van der Waals surface area contributed by atoms with Crippen LogP contribution < -0.4 is 16.0 Å². The van der Waals surface area contributed by atoms with Crippen LogP contribution >= 0.6 is 11.3 Å². The first kappa shape index (κ1) is 26.0. The molecule has 0 bridgehead atoms. The van der Waals surface area contributed by atoms with E-state index in [1.807, 2.05) is 24.3 Å². The third-order valence-electron chi connectivity index (χ3n) is 5.87. The fraction of sp³-hybridized carbons (Fsp3) is 0.455. The minimum Gasteiger partial charge on any atom is -0.390 e. The zero-order valence-electron chi connectivity index (χ0n) is 19.1. The molecule has 0 aliphatic heterocycles. The van der Waals surface area contributed by atoms with Crippen LogP contribution in [0, 0.1) is 12.8 Å². The highest BCUT2D eigenvalue weighted by molar-refractivity contribution is 7.21. The van der Waals surface area contributed by atoms with E-state index < -0.39 is 49.4 Å². The van der Waals surface area contributed by atoms with Crippen LogP contribution in [0.3, 0.4) is 0 Å². The van der Waals surface area contributed by atoms with Gasteiger partial charge in [-0.15, -0.1) is 11.3 Å². The summed E-state index contributed by atoms with van der Waals surface area (Å²) in [5, 5.41) is 38.2. The molecule has 194 valence electrons. The van der Waals surface area contributed by atoms with Gasteiger partial charge in [0.15, 0.2) is 0 Å². The SMILES string of the molecule is Cc1nc(NCC(F)(F)F)nc(N[C@@H]2C[C@H](CNC(=O)CO)[C@@H](O)[C@H]2O)c1-c1nc2ccccc2s1. The summed E-state index contributed by atoms with van der Waals surface area (Å²) in [5.74, 6) is -1.23. The Hall–Kier alpha value is -3.07. The second kappa shape index (κ2) is 10.5. The normalized spacial score (nSPS) is 22.1. The quantitative estimate of drug-likeness (QED) is 0.257. The van der Waals surface area contributed by atoms with Crippen LogP contribution in [0.15, 0.2) is 24.3 Å². The lowest BCUT2D eigenvalue weighted by Gasteiger charge is -2.21. The molecule has 0 unspecified atom stereocenters. The number of para-hydroxylation sites is 1. The number of nitrogens with one attached hydrogen (secondary N) is 3. The summed E-state index contributed by atoms with van der Waals surface area (Å²) >= 11 is 1.36. The molecule has 2 aromatic heterocycles.